The molecule has 0 aromatic heterocycles. The molecule has 0 bridgehead atoms. The molecule has 0 aliphatic rings. The van der Waals surface area contributed by atoms with Crippen molar-refractivity contribution < 1.29 is 14.3 Å². The highest BCUT2D eigenvalue weighted by Gasteiger charge is 2.09. The van der Waals surface area contributed by atoms with E-state index in [-0.39, 0.29) is 18.3 Å². The number of hydrazine groups is 1. The molecule has 6 heteroatoms. The Balaban J connectivity index is 1.72. The van der Waals surface area contributed by atoms with Crippen LogP contribution >= 0.6 is 11.8 Å². The largest absolute Gasteiger partial charge is 0.483 e. The van der Waals surface area contributed by atoms with Crippen LogP contribution in [0.4, 0.5) is 0 Å². The third-order valence-electron chi connectivity index (χ3n) is 3.55. The van der Waals surface area contributed by atoms with Crippen molar-refractivity contribution in [3.05, 3.63) is 59.2 Å². The lowest BCUT2D eigenvalue weighted by atomic mass is 10.1. The predicted octanol–water partition coefficient (Wildman–Crippen LogP) is 2.93. The van der Waals surface area contributed by atoms with Crippen molar-refractivity contribution in [2.24, 2.45) is 0 Å². The number of hydrogen-bond acceptors (Lipinski definition) is 4. The van der Waals surface area contributed by atoms with Gasteiger partial charge in [-0.3, -0.25) is 20.4 Å². The van der Waals surface area contributed by atoms with Crippen molar-refractivity contribution in [3.63, 3.8) is 0 Å². The van der Waals surface area contributed by atoms with E-state index in [0.29, 0.717) is 5.75 Å². The van der Waals surface area contributed by atoms with Crippen molar-refractivity contribution in [1.29, 1.82) is 0 Å². The molecular weight excluding hydrogens is 336 g/mol. The van der Waals surface area contributed by atoms with Gasteiger partial charge in [0.1, 0.15) is 5.75 Å². The number of hydrogen-bond donors (Lipinski definition) is 2. The first kappa shape index (κ1) is 18.9. The van der Waals surface area contributed by atoms with Gasteiger partial charge in [0.25, 0.3) is 5.91 Å². The summed E-state index contributed by atoms with van der Waals surface area (Å²) in [6, 6.07) is 13.6. The summed E-state index contributed by atoms with van der Waals surface area (Å²) in [4.78, 5) is 24.7. The molecule has 0 heterocycles. The zero-order chi connectivity index (χ0) is 18.2. The van der Waals surface area contributed by atoms with E-state index in [4.69, 9.17) is 4.74 Å². The van der Waals surface area contributed by atoms with E-state index in [1.165, 1.54) is 11.8 Å². The number of carbonyl (C=O) groups excluding carboxylic acids is 2. The number of para-hydroxylation sites is 1. The van der Waals surface area contributed by atoms with Crippen molar-refractivity contribution in [1.82, 2.24) is 10.9 Å². The monoisotopic (exact) mass is 358 g/mol. The minimum Gasteiger partial charge on any atom is -0.483 e. The Bertz CT molecular complexity index is 742. The Labute approximate surface area is 152 Å². The highest BCUT2D eigenvalue weighted by molar-refractivity contribution is 8.00. The lowest BCUT2D eigenvalue weighted by Crippen LogP contribution is -2.44. The molecule has 2 rings (SSSR count). The van der Waals surface area contributed by atoms with Crippen LogP contribution in [0.2, 0.25) is 0 Å². The molecule has 2 N–H and O–H groups in total. The van der Waals surface area contributed by atoms with Crippen molar-refractivity contribution in [2.45, 2.75) is 25.7 Å². The van der Waals surface area contributed by atoms with Gasteiger partial charge >= 0.3 is 0 Å². The topological polar surface area (TPSA) is 67.4 Å². The molecule has 0 unspecified atom stereocenters. The number of ether oxygens (including phenoxy) is 1. The van der Waals surface area contributed by atoms with E-state index in [9.17, 15) is 9.59 Å². The van der Waals surface area contributed by atoms with Crippen LogP contribution in [0, 0.1) is 20.8 Å². The zero-order valence-electron chi connectivity index (χ0n) is 14.6. The molecule has 0 radical (unpaired) electrons. The van der Waals surface area contributed by atoms with Gasteiger partial charge in [0.05, 0.1) is 5.75 Å². The standard InChI is InChI=1S/C19H22N2O3S/c1-13-7-4-5-10-16(13)25-12-18(23)21-20-17(22)11-24-19-14(2)8-6-9-15(19)3/h4-10H,11-12H2,1-3H3,(H,20,22)(H,21,23). The summed E-state index contributed by atoms with van der Waals surface area (Å²) >= 11 is 1.43. The summed E-state index contributed by atoms with van der Waals surface area (Å²) in [5.41, 5.74) is 7.81. The summed E-state index contributed by atoms with van der Waals surface area (Å²) in [6.07, 6.45) is 0. The number of nitrogens with one attached hydrogen (secondary N) is 2. The van der Waals surface area contributed by atoms with Crippen LogP contribution in [0.15, 0.2) is 47.4 Å². The Morgan fingerprint density at radius 1 is 0.880 bits per heavy atom. The van der Waals surface area contributed by atoms with Crippen LogP contribution in [0.3, 0.4) is 0 Å². The number of amides is 2. The molecular formula is C19H22N2O3S. The van der Waals surface area contributed by atoms with E-state index in [2.05, 4.69) is 10.9 Å². The fourth-order valence-electron chi connectivity index (χ4n) is 2.24. The summed E-state index contributed by atoms with van der Waals surface area (Å²) in [6.45, 7) is 5.68. The zero-order valence-corrected chi connectivity index (χ0v) is 15.4. The van der Waals surface area contributed by atoms with Gasteiger partial charge in [0.15, 0.2) is 6.61 Å². The first-order valence-corrected chi connectivity index (χ1v) is 8.91. The van der Waals surface area contributed by atoms with Crippen LogP contribution in [-0.2, 0) is 9.59 Å². The molecule has 0 spiro atoms. The highest BCUT2D eigenvalue weighted by Crippen LogP contribution is 2.22. The molecule has 0 aliphatic heterocycles. The molecule has 0 saturated carbocycles. The number of rotatable bonds is 6. The molecule has 0 saturated heterocycles. The Morgan fingerprint density at radius 3 is 2.16 bits per heavy atom. The molecule has 132 valence electrons. The number of benzene rings is 2. The van der Waals surface area contributed by atoms with Crippen LogP contribution in [0.25, 0.3) is 0 Å². The van der Waals surface area contributed by atoms with Gasteiger partial charge in [-0.15, -0.1) is 11.8 Å². The Morgan fingerprint density at radius 2 is 1.48 bits per heavy atom. The minimum atomic E-state index is -0.406. The van der Waals surface area contributed by atoms with Crippen molar-refractivity contribution in [3.8, 4) is 5.75 Å². The molecule has 2 aromatic carbocycles. The van der Waals surface area contributed by atoms with Gasteiger partial charge in [0.2, 0.25) is 5.91 Å². The second-order valence-corrected chi connectivity index (χ2v) is 6.68. The van der Waals surface area contributed by atoms with E-state index >= 15 is 0 Å². The smallest absolute Gasteiger partial charge is 0.276 e. The molecule has 5 nitrogen and oxygen atoms in total. The Kier molecular flexibility index (Phi) is 6.89. The van der Waals surface area contributed by atoms with Gasteiger partial charge < -0.3 is 4.74 Å². The maximum absolute atomic E-state index is 11.8. The van der Waals surface area contributed by atoms with Crippen LogP contribution < -0.4 is 15.6 Å². The second kappa shape index (κ2) is 9.13. The first-order chi connectivity index (χ1) is 12.0. The van der Waals surface area contributed by atoms with Gasteiger partial charge in [-0.2, -0.15) is 0 Å². The lowest BCUT2D eigenvalue weighted by molar-refractivity contribution is -0.128. The average Bonchev–Trinajstić information content (AvgIpc) is 2.59. The average molecular weight is 358 g/mol. The van der Waals surface area contributed by atoms with Gasteiger partial charge in [-0.1, -0.05) is 36.4 Å². The van der Waals surface area contributed by atoms with E-state index < -0.39 is 5.91 Å². The molecule has 0 atom stereocenters. The fourth-order valence-corrected chi connectivity index (χ4v) is 3.07. The SMILES string of the molecule is Cc1ccccc1SCC(=O)NNC(=O)COc1c(C)cccc1C. The van der Waals surface area contributed by atoms with Crippen LogP contribution in [0.1, 0.15) is 16.7 Å². The predicted molar refractivity (Wildman–Crippen MR) is 99.6 cm³/mol. The minimum absolute atomic E-state index is 0.156. The third-order valence-corrected chi connectivity index (χ3v) is 4.73. The fraction of sp³-hybridized carbons (Fsp3) is 0.263. The first-order valence-electron chi connectivity index (χ1n) is 7.92. The summed E-state index contributed by atoms with van der Waals surface area (Å²) in [7, 11) is 0. The molecule has 2 aromatic rings. The van der Waals surface area contributed by atoms with Crippen LogP contribution in [-0.4, -0.2) is 24.2 Å². The van der Waals surface area contributed by atoms with E-state index in [1.54, 1.807) is 0 Å². The van der Waals surface area contributed by atoms with Crippen molar-refractivity contribution >= 4 is 23.6 Å². The third kappa shape index (κ3) is 5.83. The molecule has 25 heavy (non-hydrogen) atoms. The summed E-state index contributed by atoms with van der Waals surface area (Å²) < 4.78 is 5.54. The number of aryl methyl sites for hydroxylation is 3. The summed E-state index contributed by atoms with van der Waals surface area (Å²) in [5.74, 6) is 0.243. The van der Waals surface area contributed by atoms with Gasteiger partial charge in [-0.25, -0.2) is 0 Å². The van der Waals surface area contributed by atoms with Crippen LogP contribution in [0.5, 0.6) is 5.75 Å². The number of carbonyl (C=O) groups is 2. The maximum Gasteiger partial charge on any atom is 0.276 e. The Hall–Kier alpha value is -2.47. The lowest BCUT2D eigenvalue weighted by Gasteiger charge is -2.12. The van der Waals surface area contributed by atoms with Crippen molar-refractivity contribution in [2.75, 3.05) is 12.4 Å². The number of thioether (sulfide) groups is 1. The molecule has 0 aliphatic carbocycles. The van der Waals surface area contributed by atoms with Gasteiger partial charge in [0, 0.05) is 4.90 Å². The quantitative estimate of drug-likeness (QED) is 0.615. The highest BCUT2D eigenvalue weighted by atomic mass is 32.2. The summed E-state index contributed by atoms with van der Waals surface area (Å²) in [5, 5.41) is 0. The molecule has 2 amide bonds. The maximum atomic E-state index is 11.8. The second-order valence-electron chi connectivity index (χ2n) is 5.66. The molecule has 0 fully saturated rings. The van der Waals surface area contributed by atoms with E-state index in [1.807, 2.05) is 63.2 Å². The normalized spacial score (nSPS) is 10.2. The van der Waals surface area contributed by atoms with E-state index in [0.717, 1.165) is 21.6 Å². The van der Waals surface area contributed by atoms with Gasteiger partial charge in [-0.05, 0) is 43.5 Å².